The second-order valence-corrected chi connectivity index (χ2v) is 8.33. The highest BCUT2D eigenvalue weighted by molar-refractivity contribution is 7.80. The molecule has 7 heteroatoms. The quantitative estimate of drug-likeness (QED) is 0.360. The maximum absolute atomic E-state index is 13.3. The molecule has 0 saturated carbocycles. The number of hydrogen-bond acceptors (Lipinski definition) is 3. The molecule has 5 nitrogen and oxygen atoms in total. The van der Waals surface area contributed by atoms with Gasteiger partial charge in [0, 0.05) is 17.1 Å². The first-order valence-corrected chi connectivity index (χ1v) is 10.5. The van der Waals surface area contributed by atoms with Crippen LogP contribution in [0.25, 0.3) is 11.8 Å². The van der Waals surface area contributed by atoms with Gasteiger partial charge in [-0.05, 0) is 105 Å². The van der Waals surface area contributed by atoms with Crippen LogP contribution in [0.4, 0.5) is 10.1 Å². The van der Waals surface area contributed by atoms with Crippen LogP contribution in [0.5, 0.6) is 0 Å². The number of aryl methyl sites for hydroxylation is 3. The van der Waals surface area contributed by atoms with Gasteiger partial charge in [-0.25, -0.2) is 4.39 Å². The van der Waals surface area contributed by atoms with Crippen LogP contribution >= 0.6 is 12.2 Å². The summed E-state index contributed by atoms with van der Waals surface area (Å²) in [5, 5.41) is 2.68. The molecule has 1 saturated heterocycles. The number of carbonyl (C=O) groups is 2. The van der Waals surface area contributed by atoms with E-state index >= 15 is 0 Å². The van der Waals surface area contributed by atoms with Crippen LogP contribution in [0, 0.1) is 33.5 Å². The third-order valence-electron chi connectivity index (χ3n) is 5.42. The molecular formula is C25H22FN3O2S. The fourth-order valence-corrected chi connectivity index (χ4v) is 4.33. The van der Waals surface area contributed by atoms with Crippen LogP contribution in [-0.4, -0.2) is 21.5 Å². The number of hydrogen-bond donors (Lipinski definition) is 1. The first-order chi connectivity index (χ1) is 15.2. The Bertz CT molecular complexity index is 1290. The summed E-state index contributed by atoms with van der Waals surface area (Å²) in [4.78, 5) is 27.4. The lowest BCUT2D eigenvalue weighted by atomic mass is 10.1. The minimum atomic E-state index is -0.535. The Morgan fingerprint density at radius 2 is 1.53 bits per heavy atom. The maximum Gasteiger partial charge on any atom is 0.270 e. The van der Waals surface area contributed by atoms with Crippen molar-refractivity contribution < 1.29 is 14.0 Å². The first kappa shape index (κ1) is 21.6. The van der Waals surface area contributed by atoms with Gasteiger partial charge in [0.25, 0.3) is 11.8 Å². The molecule has 3 aromatic rings. The van der Waals surface area contributed by atoms with Crippen molar-refractivity contribution in [1.29, 1.82) is 0 Å². The number of halogens is 1. The van der Waals surface area contributed by atoms with E-state index in [0.29, 0.717) is 5.69 Å². The van der Waals surface area contributed by atoms with Crippen LogP contribution in [0.2, 0.25) is 0 Å². The molecule has 2 aromatic carbocycles. The summed E-state index contributed by atoms with van der Waals surface area (Å²) < 4.78 is 15.3. The summed E-state index contributed by atoms with van der Waals surface area (Å²) in [6.07, 6.45) is 1.58. The number of nitrogens with zero attached hydrogens (tertiary/aromatic N) is 2. The summed E-state index contributed by atoms with van der Waals surface area (Å²) in [7, 11) is 0. The molecule has 32 heavy (non-hydrogen) atoms. The van der Waals surface area contributed by atoms with Crippen molar-refractivity contribution in [1.82, 2.24) is 9.88 Å². The van der Waals surface area contributed by atoms with Gasteiger partial charge in [0.05, 0.1) is 5.69 Å². The van der Waals surface area contributed by atoms with Gasteiger partial charge in [-0.3, -0.25) is 19.8 Å². The number of anilines is 1. The largest absolute Gasteiger partial charge is 0.318 e. The van der Waals surface area contributed by atoms with Crippen LogP contribution in [0.1, 0.15) is 28.1 Å². The van der Waals surface area contributed by atoms with Crippen LogP contribution in [-0.2, 0) is 9.59 Å². The number of nitrogens with one attached hydrogen (secondary N) is 1. The number of amides is 2. The van der Waals surface area contributed by atoms with E-state index in [1.165, 1.54) is 17.0 Å². The third kappa shape index (κ3) is 3.87. The molecule has 0 atom stereocenters. The van der Waals surface area contributed by atoms with E-state index in [9.17, 15) is 14.0 Å². The second kappa shape index (κ2) is 8.16. The molecule has 1 fully saturated rings. The summed E-state index contributed by atoms with van der Waals surface area (Å²) >= 11 is 5.30. The summed E-state index contributed by atoms with van der Waals surface area (Å²) in [5.41, 5.74) is 5.82. The molecule has 1 N–H and O–H groups in total. The predicted molar refractivity (Wildman–Crippen MR) is 127 cm³/mol. The van der Waals surface area contributed by atoms with E-state index < -0.39 is 11.8 Å². The van der Waals surface area contributed by atoms with Crippen molar-refractivity contribution in [2.45, 2.75) is 27.7 Å². The zero-order chi connectivity index (χ0) is 23.2. The molecule has 0 radical (unpaired) electrons. The van der Waals surface area contributed by atoms with Crippen molar-refractivity contribution in [2.24, 2.45) is 0 Å². The van der Waals surface area contributed by atoms with Crippen LogP contribution < -0.4 is 10.2 Å². The highest BCUT2D eigenvalue weighted by Gasteiger charge is 2.35. The van der Waals surface area contributed by atoms with E-state index in [2.05, 4.69) is 5.32 Å². The van der Waals surface area contributed by atoms with Gasteiger partial charge in [0.15, 0.2) is 5.11 Å². The molecule has 0 unspecified atom stereocenters. The van der Waals surface area contributed by atoms with E-state index in [-0.39, 0.29) is 16.5 Å². The Labute approximate surface area is 191 Å². The highest BCUT2D eigenvalue weighted by atomic mass is 32.1. The molecule has 1 aliphatic heterocycles. The molecule has 0 aliphatic carbocycles. The maximum atomic E-state index is 13.3. The van der Waals surface area contributed by atoms with E-state index in [1.54, 1.807) is 18.2 Å². The molecule has 4 rings (SSSR count). The number of rotatable bonds is 3. The zero-order valence-electron chi connectivity index (χ0n) is 18.2. The molecular weight excluding hydrogens is 425 g/mol. The number of carbonyl (C=O) groups excluding carboxylic acids is 2. The summed E-state index contributed by atoms with van der Waals surface area (Å²) in [5.74, 6) is -1.33. The van der Waals surface area contributed by atoms with Gasteiger partial charge < -0.3 is 4.57 Å². The van der Waals surface area contributed by atoms with Gasteiger partial charge in [0.2, 0.25) is 0 Å². The van der Waals surface area contributed by atoms with Gasteiger partial charge in [-0.15, -0.1) is 0 Å². The van der Waals surface area contributed by atoms with E-state index in [4.69, 9.17) is 12.2 Å². The van der Waals surface area contributed by atoms with Gasteiger partial charge in [-0.2, -0.15) is 0 Å². The van der Waals surface area contributed by atoms with E-state index in [0.717, 1.165) is 33.8 Å². The minimum Gasteiger partial charge on any atom is -0.318 e. The minimum absolute atomic E-state index is 0.00267. The van der Waals surface area contributed by atoms with Gasteiger partial charge in [0.1, 0.15) is 11.4 Å². The molecule has 2 heterocycles. The lowest BCUT2D eigenvalue weighted by molar-refractivity contribution is -0.122. The van der Waals surface area contributed by atoms with Crippen LogP contribution in [0.3, 0.4) is 0 Å². The Hall–Kier alpha value is -3.58. The topological polar surface area (TPSA) is 54.3 Å². The molecule has 2 amide bonds. The predicted octanol–water partition coefficient (Wildman–Crippen LogP) is 4.68. The van der Waals surface area contributed by atoms with Crippen LogP contribution in [0.15, 0.2) is 54.1 Å². The van der Waals surface area contributed by atoms with Crippen molar-refractivity contribution in [3.63, 3.8) is 0 Å². The highest BCUT2D eigenvalue weighted by Crippen LogP contribution is 2.27. The standard InChI is InChI=1S/C25H22FN3O2S/c1-14-9-15(2)11-21(10-14)29-24(31)22(23(30)27-25(29)32)13-18-12-16(3)28(17(18)4)20-7-5-19(26)6-8-20/h5-13H,1-4H3,(H,27,30,32). The SMILES string of the molecule is Cc1cc(C)cc(N2C(=O)C(=Cc3cc(C)n(-c4ccc(F)cc4)c3C)C(=O)NC2=S)c1. The fraction of sp³-hybridized carbons (Fsp3) is 0.160. The molecule has 1 aromatic heterocycles. The lowest BCUT2D eigenvalue weighted by Crippen LogP contribution is -2.54. The van der Waals surface area contributed by atoms with Crippen molar-refractivity contribution in [3.05, 3.63) is 88.0 Å². The third-order valence-corrected chi connectivity index (χ3v) is 5.71. The van der Waals surface area contributed by atoms with Crippen molar-refractivity contribution >= 4 is 40.9 Å². The molecule has 1 aliphatic rings. The number of thiocarbonyl (C=S) groups is 1. The second-order valence-electron chi connectivity index (χ2n) is 7.94. The number of aromatic nitrogens is 1. The number of benzene rings is 2. The summed E-state index contributed by atoms with van der Waals surface area (Å²) in [6.45, 7) is 7.68. The van der Waals surface area contributed by atoms with Gasteiger partial charge in [-0.1, -0.05) is 6.07 Å². The first-order valence-electron chi connectivity index (χ1n) is 10.1. The van der Waals surface area contributed by atoms with Gasteiger partial charge >= 0.3 is 0 Å². The average molecular weight is 448 g/mol. The average Bonchev–Trinajstić information content (AvgIpc) is 2.98. The molecule has 162 valence electrons. The monoisotopic (exact) mass is 447 g/mol. The van der Waals surface area contributed by atoms with Crippen molar-refractivity contribution in [2.75, 3.05) is 4.90 Å². The smallest absolute Gasteiger partial charge is 0.270 e. The Kier molecular flexibility index (Phi) is 5.52. The van der Waals surface area contributed by atoms with E-state index in [1.807, 2.05) is 56.5 Å². The van der Waals surface area contributed by atoms with Crippen molar-refractivity contribution in [3.8, 4) is 5.69 Å². The Morgan fingerprint density at radius 3 is 2.16 bits per heavy atom. The summed E-state index contributed by atoms with van der Waals surface area (Å²) in [6, 6.07) is 13.8. The molecule has 0 spiro atoms. The Morgan fingerprint density at radius 1 is 0.906 bits per heavy atom. The fourth-order valence-electron chi connectivity index (χ4n) is 4.05. The lowest BCUT2D eigenvalue weighted by Gasteiger charge is -2.29. The Balaban J connectivity index is 1.77. The zero-order valence-corrected chi connectivity index (χ0v) is 19.0. The normalized spacial score (nSPS) is 15.5. The molecule has 0 bridgehead atoms.